The Kier molecular flexibility index (Phi) is 2.11. The molecule has 0 radical (unpaired) electrons. The molecule has 0 saturated carbocycles. The molecule has 2 aromatic rings. The molecule has 0 spiro atoms. The van der Waals surface area contributed by atoms with Gasteiger partial charge in [-0.25, -0.2) is 9.97 Å². The second kappa shape index (κ2) is 3.68. The number of aromatic nitrogens is 3. The van der Waals surface area contributed by atoms with Gasteiger partial charge in [-0.05, 0) is 17.9 Å². The molecule has 2 aromatic heterocycles. The van der Waals surface area contributed by atoms with Crippen molar-refractivity contribution in [2.75, 3.05) is 31.1 Å². The zero-order valence-corrected chi connectivity index (χ0v) is 10.5. The van der Waals surface area contributed by atoms with Gasteiger partial charge in [0, 0.05) is 39.4 Å². The molecule has 2 aliphatic heterocycles. The zero-order chi connectivity index (χ0) is 12.1. The third-order valence-electron chi connectivity index (χ3n) is 4.31. The molecule has 0 aliphatic carbocycles. The third-order valence-corrected chi connectivity index (χ3v) is 4.31. The van der Waals surface area contributed by atoms with Crippen LogP contribution < -0.4 is 10.2 Å². The molecule has 2 atom stereocenters. The van der Waals surface area contributed by atoms with E-state index in [-0.39, 0.29) is 0 Å². The van der Waals surface area contributed by atoms with Gasteiger partial charge in [0.1, 0.15) is 5.52 Å². The fraction of sp³-hybridized carbons (Fsp3) is 0.538. The zero-order valence-electron chi connectivity index (χ0n) is 10.5. The van der Waals surface area contributed by atoms with Crippen LogP contribution in [-0.4, -0.2) is 40.7 Å². The van der Waals surface area contributed by atoms with Crippen LogP contribution in [0.3, 0.4) is 0 Å². The lowest BCUT2D eigenvalue weighted by molar-refractivity contribution is 0.533. The standard InChI is InChI=1S/C13H17N5/c1-17-8-16-12-11(17)2-3-15-13(12)18-6-9-4-14-5-10(9)7-18/h2-3,8-10,14H,4-7H2,1H3/t9-,10+. The van der Waals surface area contributed by atoms with Crippen molar-refractivity contribution in [3.8, 4) is 0 Å². The molecule has 2 saturated heterocycles. The number of anilines is 1. The Balaban J connectivity index is 1.75. The molecule has 2 fully saturated rings. The number of fused-ring (bicyclic) bond motifs is 2. The van der Waals surface area contributed by atoms with E-state index >= 15 is 0 Å². The van der Waals surface area contributed by atoms with Crippen LogP contribution in [0.1, 0.15) is 0 Å². The topological polar surface area (TPSA) is 46.0 Å². The van der Waals surface area contributed by atoms with Crippen molar-refractivity contribution in [3.63, 3.8) is 0 Å². The summed E-state index contributed by atoms with van der Waals surface area (Å²) in [6.45, 7) is 4.53. The molecule has 94 valence electrons. The maximum atomic E-state index is 4.56. The van der Waals surface area contributed by atoms with Crippen LogP contribution in [0.5, 0.6) is 0 Å². The van der Waals surface area contributed by atoms with Gasteiger partial charge in [0.2, 0.25) is 0 Å². The van der Waals surface area contributed by atoms with E-state index in [1.165, 1.54) is 0 Å². The number of hydrogen-bond donors (Lipinski definition) is 1. The average Bonchev–Trinajstić information content (AvgIpc) is 3.03. The number of nitrogens with zero attached hydrogens (tertiary/aromatic N) is 4. The van der Waals surface area contributed by atoms with E-state index in [1.807, 2.05) is 25.6 Å². The van der Waals surface area contributed by atoms with Gasteiger partial charge in [-0.15, -0.1) is 0 Å². The van der Waals surface area contributed by atoms with Crippen LogP contribution in [0.2, 0.25) is 0 Å². The normalized spacial score (nSPS) is 27.1. The predicted octanol–water partition coefficient (Wildman–Crippen LogP) is 0.624. The minimum absolute atomic E-state index is 0.783. The molecule has 0 aromatic carbocycles. The van der Waals surface area contributed by atoms with Gasteiger partial charge in [0.05, 0.1) is 11.8 Å². The van der Waals surface area contributed by atoms with Crippen molar-refractivity contribution in [1.29, 1.82) is 0 Å². The summed E-state index contributed by atoms with van der Waals surface area (Å²) in [5, 5.41) is 3.47. The first-order valence-electron chi connectivity index (χ1n) is 6.54. The largest absolute Gasteiger partial charge is 0.354 e. The molecule has 2 aliphatic rings. The smallest absolute Gasteiger partial charge is 0.156 e. The van der Waals surface area contributed by atoms with Crippen molar-refractivity contribution in [3.05, 3.63) is 18.6 Å². The third kappa shape index (κ3) is 1.37. The molecule has 0 unspecified atom stereocenters. The van der Waals surface area contributed by atoms with Gasteiger partial charge in [-0.2, -0.15) is 0 Å². The number of hydrogen-bond acceptors (Lipinski definition) is 4. The number of imidazole rings is 1. The maximum Gasteiger partial charge on any atom is 0.156 e. The maximum absolute atomic E-state index is 4.56. The first kappa shape index (κ1) is 10.3. The Bertz CT molecular complexity index is 578. The lowest BCUT2D eigenvalue weighted by Crippen LogP contribution is -2.26. The van der Waals surface area contributed by atoms with Gasteiger partial charge in [-0.1, -0.05) is 0 Å². The molecule has 5 heteroatoms. The first-order valence-corrected chi connectivity index (χ1v) is 6.54. The van der Waals surface area contributed by atoms with Crippen molar-refractivity contribution in [2.45, 2.75) is 0 Å². The number of aryl methyl sites for hydroxylation is 1. The van der Waals surface area contributed by atoms with E-state index in [2.05, 4.69) is 24.8 Å². The first-order chi connectivity index (χ1) is 8.83. The minimum Gasteiger partial charge on any atom is -0.354 e. The fourth-order valence-corrected chi connectivity index (χ4v) is 3.31. The second-order valence-electron chi connectivity index (χ2n) is 5.44. The predicted molar refractivity (Wildman–Crippen MR) is 70.6 cm³/mol. The van der Waals surface area contributed by atoms with Crippen LogP contribution in [0.15, 0.2) is 18.6 Å². The highest BCUT2D eigenvalue weighted by atomic mass is 15.2. The number of rotatable bonds is 1. The highest BCUT2D eigenvalue weighted by Gasteiger charge is 2.37. The van der Waals surface area contributed by atoms with Crippen molar-refractivity contribution < 1.29 is 0 Å². The average molecular weight is 243 g/mol. The van der Waals surface area contributed by atoms with E-state index in [0.717, 1.165) is 54.9 Å². The van der Waals surface area contributed by atoms with Crippen LogP contribution in [0.25, 0.3) is 11.0 Å². The molecular formula is C13H17N5. The molecule has 18 heavy (non-hydrogen) atoms. The number of nitrogens with one attached hydrogen (secondary N) is 1. The van der Waals surface area contributed by atoms with E-state index in [0.29, 0.717) is 0 Å². The summed E-state index contributed by atoms with van der Waals surface area (Å²) in [6, 6.07) is 2.03. The Morgan fingerprint density at radius 3 is 2.78 bits per heavy atom. The SMILES string of the molecule is Cn1cnc2c(N3C[C@H]4CNC[C@H]4C3)nccc21. The summed E-state index contributed by atoms with van der Waals surface area (Å²) >= 11 is 0. The van der Waals surface area contributed by atoms with Gasteiger partial charge >= 0.3 is 0 Å². The van der Waals surface area contributed by atoms with E-state index in [4.69, 9.17) is 0 Å². The molecule has 4 heterocycles. The Morgan fingerprint density at radius 2 is 2.00 bits per heavy atom. The van der Waals surface area contributed by atoms with E-state index in [1.54, 1.807) is 0 Å². The fourth-order valence-electron chi connectivity index (χ4n) is 3.31. The Morgan fingerprint density at radius 1 is 1.22 bits per heavy atom. The summed E-state index contributed by atoms with van der Waals surface area (Å²) < 4.78 is 2.05. The highest BCUT2D eigenvalue weighted by Crippen LogP contribution is 2.32. The summed E-state index contributed by atoms with van der Waals surface area (Å²) in [6.07, 6.45) is 3.76. The summed E-state index contributed by atoms with van der Waals surface area (Å²) in [5.74, 6) is 2.62. The van der Waals surface area contributed by atoms with E-state index in [9.17, 15) is 0 Å². The van der Waals surface area contributed by atoms with Gasteiger partial charge in [0.25, 0.3) is 0 Å². The molecule has 5 nitrogen and oxygen atoms in total. The van der Waals surface area contributed by atoms with E-state index < -0.39 is 0 Å². The quantitative estimate of drug-likeness (QED) is 0.798. The lowest BCUT2D eigenvalue weighted by Gasteiger charge is -2.18. The number of pyridine rings is 1. The van der Waals surface area contributed by atoms with Gasteiger partial charge in [-0.3, -0.25) is 0 Å². The molecule has 4 rings (SSSR count). The highest BCUT2D eigenvalue weighted by molar-refractivity contribution is 5.86. The monoisotopic (exact) mass is 243 g/mol. The lowest BCUT2D eigenvalue weighted by atomic mass is 10.0. The molecule has 1 N–H and O–H groups in total. The molecule has 0 amide bonds. The molecule has 0 bridgehead atoms. The van der Waals surface area contributed by atoms with Crippen molar-refractivity contribution >= 4 is 16.9 Å². The Labute approximate surface area is 106 Å². The van der Waals surface area contributed by atoms with Crippen LogP contribution in [0, 0.1) is 11.8 Å². The van der Waals surface area contributed by atoms with Crippen LogP contribution in [-0.2, 0) is 7.05 Å². The summed E-state index contributed by atoms with van der Waals surface area (Å²) in [5.41, 5.74) is 2.20. The van der Waals surface area contributed by atoms with Crippen molar-refractivity contribution in [1.82, 2.24) is 19.9 Å². The minimum atomic E-state index is 0.783. The van der Waals surface area contributed by atoms with Gasteiger partial charge < -0.3 is 14.8 Å². The summed E-state index contributed by atoms with van der Waals surface area (Å²) in [4.78, 5) is 11.5. The van der Waals surface area contributed by atoms with Crippen LogP contribution >= 0.6 is 0 Å². The van der Waals surface area contributed by atoms with Crippen LogP contribution in [0.4, 0.5) is 5.82 Å². The van der Waals surface area contributed by atoms with Crippen molar-refractivity contribution in [2.24, 2.45) is 18.9 Å². The second-order valence-corrected chi connectivity index (χ2v) is 5.44. The van der Waals surface area contributed by atoms with Gasteiger partial charge in [0.15, 0.2) is 5.82 Å². The summed E-state index contributed by atoms with van der Waals surface area (Å²) in [7, 11) is 2.03. The Hall–Kier alpha value is -1.62. The molecular weight excluding hydrogens is 226 g/mol.